The highest BCUT2D eigenvalue weighted by Gasteiger charge is 2.31. The Morgan fingerprint density at radius 3 is 2.63 bits per heavy atom. The fourth-order valence-electron chi connectivity index (χ4n) is 1.49. The quantitative estimate of drug-likeness (QED) is 0.877. The van der Waals surface area contributed by atoms with Gasteiger partial charge in [-0.3, -0.25) is 9.36 Å². The first-order valence-electron chi connectivity index (χ1n) is 5.01. The van der Waals surface area contributed by atoms with Crippen LogP contribution in [0.3, 0.4) is 0 Å². The first kappa shape index (κ1) is 13.4. The van der Waals surface area contributed by atoms with Crippen LogP contribution >= 0.6 is 11.6 Å². The summed E-state index contributed by atoms with van der Waals surface area (Å²) < 4.78 is 38.8. The van der Waals surface area contributed by atoms with Crippen molar-refractivity contribution >= 4 is 17.4 Å². The van der Waals surface area contributed by atoms with Crippen LogP contribution in [0.4, 0.5) is 19.0 Å². The van der Waals surface area contributed by atoms with Crippen LogP contribution in [0.5, 0.6) is 0 Å². The summed E-state index contributed by atoms with van der Waals surface area (Å²) in [5.74, 6) is -0.323. The molecule has 19 heavy (non-hydrogen) atoms. The van der Waals surface area contributed by atoms with Crippen molar-refractivity contribution < 1.29 is 13.2 Å². The summed E-state index contributed by atoms with van der Waals surface area (Å²) >= 11 is 5.82. The number of alkyl halides is 3. The van der Waals surface area contributed by atoms with Crippen LogP contribution in [0.1, 0.15) is 5.56 Å². The summed E-state index contributed by atoms with van der Waals surface area (Å²) in [7, 11) is 0. The van der Waals surface area contributed by atoms with Gasteiger partial charge in [-0.2, -0.15) is 13.2 Å². The first-order valence-corrected chi connectivity index (χ1v) is 5.39. The molecule has 4 nitrogen and oxygen atoms in total. The second kappa shape index (κ2) is 4.58. The highest BCUT2D eigenvalue weighted by Crippen LogP contribution is 2.32. The van der Waals surface area contributed by atoms with Gasteiger partial charge >= 0.3 is 6.18 Å². The zero-order valence-electron chi connectivity index (χ0n) is 9.28. The lowest BCUT2D eigenvalue weighted by molar-refractivity contribution is -0.137. The fraction of sp³-hybridized carbons (Fsp3) is 0.0909. The minimum Gasteiger partial charge on any atom is -0.379 e. The lowest BCUT2D eigenvalue weighted by Crippen LogP contribution is -2.22. The first-order chi connectivity index (χ1) is 8.80. The summed E-state index contributed by atoms with van der Waals surface area (Å²) in [5.41, 5.74) is 3.58. The Morgan fingerprint density at radius 1 is 1.32 bits per heavy atom. The van der Waals surface area contributed by atoms with Crippen LogP contribution in [0.25, 0.3) is 5.69 Å². The average molecular weight is 290 g/mol. The Hall–Kier alpha value is -2.02. The molecule has 0 amide bonds. The zero-order valence-corrected chi connectivity index (χ0v) is 10.0. The molecule has 0 fully saturated rings. The van der Waals surface area contributed by atoms with Crippen molar-refractivity contribution in [1.29, 1.82) is 0 Å². The van der Waals surface area contributed by atoms with Crippen LogP contribution in [-0.2, 0) is 6.18 Å². The monoisotopic (exact) mass is 289 g/mol. The molecule has 1 heterocycles. The number of hydrogen-bond donors (Lipinski definition) is 1. The zero-order chi connectivity index (χ0) is 14.2. The van der Waals surface area contributed by atoms with Crippen LogP contribution in [0, 0.1) is 0 Å². The van der Waals surface area contributed by atoms with Gasteiger partial charge in [0.05, 0.1) is 16.3 Å². The second-order valence-corrected chi connectivity index (χ2v) is 4.06. The number of nitrogens with zero attached hydrogens (tertiary/aromatic N) is 2. The molecule has 0 saturated carbocycles. The van der Waals surface area contributed by atoms with Gasteiger partial charge in [-0.1, -0.05) is 11.6 Å². The van der Waals surface area contributed by atoms with Crippen molar-refractivity contribution in [2.24, 2.45) is 0 Å². The summed E-state index contributed by atoms with van der Waals surface area (Å²) in [6, 6.07) is 2.69. The van der Waals surface area contributed by atoms with Gasteiger partial charge in [0.1, 0.15) is 0 Å². The number of halogens is 4. The van der Waals surface area contributed by atoms with Gasteiger partial charge in [0.2, 0.25) is 0 Å². The molecular formula is C11H7ClF3N3O. The van der Waals surface area contributed by atoms with Crippen LogP contribution < -0.4 is 11.3 Å². The molecule has 0 aliphatic rings. The molecule has 0 radical (unpaired) electrons. The summed E-state index contributed by atoms with van der Waals surface area (Å²) in [4.78, 5) is 15.3. The van der Waals surface area contributed by atoms with Gasteiger partial charge in [0, 0.05) is 12.4 Å². The van der Waals surface area contributed by atoms with E-state index in [0.717, 1.165) is 22.8 Å². The van der Waals surface area contributed by atoms with Crippen LogP contribution in [0.15, 0.2) is 35.4 Å². The molecule has 1 aromatic heterocycles. The Morgan fingerprint density at radius 2 is 2.00 bits per heavy atom. The molecule has 0 unspecified atom stereocenters. The van der Waals surface area contributed by atoms with Crippen molar-refractivity contribution in [3.05, 3.63) is 51.5 Å². The summed E-state index contributed by atoms with van der Waals surface area (Å²) in [6.45, 7) is 0. The number of aromatic nitrogens is 2. The highest BCUT2D eigenvalue weighted by atomic mass is 35.5. The van der Waals surface area contributed by atoms with Gasteiger partial charge in [-0.05, 0) is 18.2 Å². The highest BCUT2D eigenvalue weighted by molar-refractivity contribution is 6.32. The van der Waals surface area contributed by atoms with E-state index in [9.17, 15) is 18.0 Å². The minimum atomic E-state index is -4.53. The number of nitrogen functional groups attached to an aromatic ring is 1. The van der Waals surface area contributed by atoms with Gasteiger partial charge < -0.3 is 5.73 Å². The number of hydrogen-bond acceptors (Lipinski definition) is 3. The molecule has 0 aliphatic heterocycles. The number of rotatable bonds is 1. The molecule has 100 valence electrons. The lowest BCUT2D eigenvalue weighted by atomic mass is 10.2. The van der Waals surface area contributed by atoms with E-state index in [-0.39, 0.29) is 16.5 Å². The summed E-state index contributed by atoms with van der Waals surface area (Å²) in [6.07, 6.45) is -2.13. The van der Waals surface area contributed by atoms with Crippen molar-refractivity contribution in [2.45, 2.75) is 6.18 Å². The van der Waals surface area contributed by atoms with Gasteiger partial charge in [-0.25, -0.2) is 4.98 Å². The standard InChI is InChI=1S/C11H7ClF3N3O/c12-7-2-1-6(11(13,14)15)5-8(7)18-4-3-17-9(16)10(18)19/h1-5H,(H2,16,17). The molecular weight excluding hydrogens is 283 g/mol. The smallest absolute Gasteiger partial charge is 0.379 e. The van der Waals surface area contributed by atoms with Crippen LogP contribution in [-0.4, -0.2) is 9.55 Å². The molecule has 2 rings (SSSR count). The third kappa shape index (κ3) is 2.55. The van der Waals surface area contributed by atoms with Crippen molar-refractivity contribution in [3.63, 3.8) is 0 Å². The molecule has 8 heteroatoms. The number of benzene rings is 1. The predicted molar refractivity (Wildman–Crippen MR) is 64.3 cm³/mol. The number of nitrogens with two attached hydrogens (primary N) is 1. The second-order valence-electron chi connectivity index (χ2n) is 3.65. The third-order valence-corrected chi connectivity index (χ3v) is 2.72. The maximum Gasteiger partial charge on any atom is 0.416 e. The van der Waals surface area contributed by atoms with E-state index in [4.69, 9.17) is 17.3 Å². The normalized spacial score (nSPS) is 11.6. The Balaban J connectivity index is 2.69. The third-order valence-electron chi connectivity index (χ3n) is 2.40. The Labute approximate surface area is 110 Å². The molecule has 0 saturated heterocycles. The van der Waals surface area contributed by atoms with Crippen LogP contribution in [0.2, 0.25) is 5.02 Å². The van der Waals surface area contributed by atoms with Crippen molar-refractivity contribution in [3.8, 4) is 5.69 Å². The van der Waals surface area contributed by atoms with E-state index in [1.54, 1.807) is 0 Å². The van der Waals surface area contributed by atoms with Crippen molar-refractivity contribution in [1.82, 2.24) is 9.55 Å². The SMILES string of the molecule is Nc1nccn(-c2cc(C(F)(F)F)ccc2Cl)c1=O. The van der Waals surface area contributed by atoms with Crippen molar-refractivity contribution in [2.75, 3.05) is 5.73 Å². The van der Waals surface area contributed by atoms with Gasteiger partial charge in [0.25, 0.3) is 5.56 Å². The topological polar surface area (TPSA) is 60.9 Å². The number of anilines is 1. The minimum absolute atomic E-state index is 0.000648. The molecule has 2 N–H and O–H groups in total. The molecule has 0 bridgehead atoms. The van der Waals surface area contributed by atoms with Gasteiger partial charge in [-0.15, -0.1) is 0 Å². The molecule has 0 atom stereocenters. The summed E-state index contributed by atoms with van der Waals surface area (Å²) in [5, 5.41) is 0.000648. The molecule has 0 spiro atoms. The van der Waals surface area contributed by atoms with E-state index in [1.165, 1.54) is 12.4 Å². The van der Waals surface area contributed by atoms with Gasteiger partial charge in [0.15, 0.2) is 5.82 Å². The molecule has 2 aromatic rings. The van der Waals surface area contributed by atoms with E-state index in [1.807, 2.05) is 0 Å². The fourth-order valence-corrected chi connectivity index (χ4v) is 1.70. The maximum absolute atomic E-state index is 12.6. The lowest BCUT2D eigenvalue weighted by Gasteiger charge is -2.12. The Kier molecular flexibility index (Phi) is 3.23. The molecule has 0 aliphatic carbocycles. The van der Waals surface area contributed by atoms with E-state index < -0.39 is 17.3 Å². The predicted octanol–water partition coefficient (Wildman–Crippen LogP) is 2.49. The largest absolute Gasteiger partial charge is 0.416 e. The average Bonchev–Trinajstić information content (AvgIpc) is 2.32. The molecule has 1 aromatic carbocycles. The maximum atomic E-state index is 12.6. The van der Waals surface area contributed by atoms with E-state index in [2.05, 4.69) is 4.98 Å². The van der Waals surface area contributed by atoms with E-state index >= 15 is 0 Å². The Bertz CT molecular complexity index is 682. The van der Waals surface area contributed by atoms with E-state index in [0.29, 0.717) is 0 Å².